The molecule has 0 saturated carbocycles. The molecule has 0 bridgehead atoms. The Hall–Kier alpha value is -3.39. The monoisotopic (exact) mass is 395 g/mol. The second kappa shape index (κ2) is 6.97. The van der Waals surface area contributed by atoms with Crippen LogP contribution in [0, 0.1) is 12.7 Å². The van der Waals surface area contributed by atoms with Crippen molar-refractivity contribution in [1.29, 1.82) is 0 Å². The number of ketones is 1. The normalized spacial score (nSPS) is 18.6. The Morgan fingerprint density at radius 2 is 1.75 bits per heavy atom. The van der Waals surface area contributed by atoms with Crippen LogP contribution in [0.25, 0.3) is 5.76 Å². The van der Waals surface area contributed by atoms with E-state index in [1.165, 1.54) is 40.5 Å². The van der Waals surface area contributed by atoms with Crippen LogP contribution in [-0.2, 0) is 9.59 Å². The number of rotatable bonds is 3. The van der Waals surface area contributed by atoms with Gasteiger partial charge in [-0.1, -0.05) is 41.7 Å². The third kappa shape index (κ3) is 2.97. The Morgan fingerprint density at radius 1 is 1.07 bits per heavy atom. The molecule has 0 spiro atoms. The predicted octanol–water partition coefficient (Wildman–Crippen LogP) is 3.61. The molecule has 1 aliphatic heterocycles. The number of hydrogen-bond acceptors (Lipinski definition) is 6. The number of hydrogen-bond donors (Lipinski definition) is 1. The molecule has 1 aliphatic rings. The number of anilines is 1. The zero-order valence-corrected chi connectivity index (χ0v) is 15.5. The van der Waals surface area contributed by atoms with Gasteiger partial charge in [0.15, 0.2) is 0 Å². The topological polar surface area (TPSA) is 83.4 Å². The average molecular weight is 395 g/mol. The SMILES string of the molecule is Cc1nnc(N2C(=O)C(=O)C(=C(O)c3ccc(F)cc3)[C@H]2c2ccccc2)s1. The fourth-order valence-electron chi connectivity index (χ4n) is 3.13. The van der Waals surface area contributed by atoms with E-state index in [0.717, 1.165) is 0 Å². The van der Waals surface area contributed by atoms with E-state index in [1.54, 1.807) is 31.2 Å². The zero-order valence-electron chi connectivity index (χ0n) is 14.7. The third-order valence-electron chi connectivity index (χ3n) is 4.40. The van der Waals surface area contributed by atoms with Gasteiger partial charge >= 0.3 is 5.91 Å². The lowest BCUT2D eigenvalue weighted by Crippen LogP contribution is -2.29. The summed E-state index contributed by atoms with van der Waals surface area (Å²) in [5.74, 6) is -2.46. The first-order valence-corrected chi connectivity index (χ1v) is 9.21. The van der Waals surface area contributed by atoms with Crippen molar-refractivity contribution in [3.05, 3.63) is 82.1 Å². The molecule has 1 aromatic heterocycles. The number of aliphatic hydroxyl groups is 1. The van der Waals surface area contributed by atoms with Crippen LogP contribution in [0.15, 0.2) is 60.2 Å². The number of Topliss-reactive ketones (excluding diaryl/α,β-unsaturated/α-hetero) is 1. The summed E-state index contributed by atoms with van der Waals surface area (Å²) in [6, 6.07) is 13.1. The molecule has 2 aromatic carbocycles. The molecule has 0 aliphatic carbocycles. The smallest absolute Gasteiger partial charge is 0.301 e. The molecule has 0 unspecified atom stereocenters. The molecule has 1 atom stereocenters. The number of carbonyl (C=O) groups excluding carboxylic acids is 2. The molecule has 4 rings (SSSR count). The summed E-state index contributed by atoms with van der Waals surface area (Å²) in [6.07, 6.45) is 0. The van der Waals surface area contributed by atoms with E-state index >= 15 is 0 Å². The number of halogens is 1. The van der Waals surface area contributed by atoms with Crippen molar-refractivity contribution in [2.24, 2.45) is 0 Å². The van der Waals surface area contributed by atoms with Crippen molar-refractivity contribution in [2.45, 2.75) is 13.0 Å². The Kier molecular flexibility index (Phi) is 4.48. The fraction of sp³-hybridized carbons (Fsp3) is 0.100. The molecular weight excluding hydrogens is 381 g/mol. The minimum absolute atomic E-state index is 0.0735. The summed E-state index contributed by atoms with van der Waals surface area (Å²) in [5, 5.41) is 19.7. The Labute approximate surface area is 163 Å². The number of nitrogens with zero attached hydrogens (tertiary/aromatic N) is 3. The van der Waals surface area contributed by atoms with Gasteiger partial charge in [0.1, 0.15) is 16.6 Å². The van der Waals surface area contributed by atoms with Crippen molar-refractivity contribution >= 4 is 33.9 Å². The lowest BCUT2D eigenvalue weighted by Gasteiger charge is -2.22. The predicted molar refractivity (Wildman–Crippen MR) is 102 cm³/mol. The Morgan fingerprint density at radius 3 is 2.36 bits per heavy atom. The van der Waals surface area contributed by atoms with E-state index in [2.05, 4.69) is 10.2 Å². The molecule has 0 radical (unpaired) electrons. The van der Waals surface area contributed by atoms with Gasteiger partial charge in [-0.05, 0) is 36.8 Å². The lowest BCUT2D eigenvalue weighted by molar-refractivity contribution is -0.132. The van der Waals surface area contributed by atoms with Crippen LogP contribution < -0.4 is 4.90 Å². The summed E-state index contributed by atoms with van der Waals surface area (Å²) >= 11 is 1.18. The molecule has 8 heteroatoms. The van der Waals surface area contributed by atoms with E-state index < -0.39 is 23.5 Å². The summed E-state index contributed by atoms with van der Waals surface area (Å²) < 4.78 is 13.3. The van der Waals surface area contributed by atoms with Crippen molar-refractivity contribution < 1.29 is 19.1 Å². The van der Waals surface area contributed by atoms with Crippen LogP contribution >= 0.6 is 11.3 Å². The number of aryl methyl sites for hydroxylation is 1. The third-order valence-corrected chi connectivity index (χ3v) is 5.24. The maximum Gasteiger partial charge on any atom is 0.301 e. The quantitative estimate of drug-likeness (QED) is 0.416. The maximum absolute atomic E-state index is 13.3. The number of amides is 1. The minimum Gasteiger partial charge on any atom is -0.507 e. The summed E-state index contributed by atoms with van der Waals surface area (Å²) in [4.78, 5) is 26.9. The molecular formula is C20H14FN3O3S. The van der Waals surface area contributed by atoms with Crippen molar-refractivity contribution in [2.75, 3.05) is 4.90 Å². The van der Waals surface area contributed by atoms with Crippen LogP contribution in [0.3, 0.4) is 0 Å². The molecule has 28 heavy (non-hydrogen) atoms. The highest BCUT2D eigenvalue weighted by Gasteiger charge is 2.48. The van der Waals surface area contributed by atoms with Crippen molar-refractivity contribution in [1.82, 2.24) is 10.2 Å². The van der Waals surface area contributed by atoms with Crippen LogP contribution in [-0.4, -0.2) is 27.0 Å². The van der Waals surface area contributed by atoms with Gasteiger partial charge < -0.3 is 5.11 Å². The second-order valence-corrected chi connectivity index (χ2v) is 7.35. The first-order chi connectivity index (χ1) is 13.5. The largest absolute Gasteiger partial charge is 0.507 e. The van der Waals surface area contributed by atoms with Gasteiger partial charge in [-0.15, -0.1) is 10.2 Å². The molecule has 1 amide bonds. The highest BCUT2D eigenvalue weighted by atomic mass is 32.1. The molecule has 2 heterocycles. The Balaban J connectivity index is 1.93. The maximum atomic E-state index is 13.3. The number of aromatic nitrogens is 2. The minimum atomic E-state index is -0.862. The average Bonchev–Trinajstić information content (AvgIpc) is 3.24. The van der Waals surface area contributed by atoms with Crippen LogP contribution in [0.4, 0.5) is 9.52 Å². The molecule has 1 fully saturated rings. The van der Waals surface area contributed by atoms with E-state index in [-0.39, 0.29) is 22.0 Å². The highest BCUT2D eigenvalue weighted by Crippen LogP contribution is 2.42. The van der Waals surface area contributed by atoms with Gasteiger partial charge in [-0.3, -0.25) is 14.5 Å². The highest BCUT2D eigenvalue weighted by molar-refractivity contribution is 7.15. The summed E-state index contributed by atoms with van der Waals surface area (Å²) in [5.41, 5.74) is 0.808. The van der Waals surface area contributed by atoms with Gasteiger partial charge in [0, 0.05) is 5.56 Å². The molecule has 1 saturated heterocycles. The summed E-state index contributed by atoms with van der Waals surface area (Å²) in [7, 11) is 0. The van der Waals surface area contributed by atoms with E-state index in [9.17, 15) is 19.1 Å². The first kappa shape index (κ1) is 18.0. The molecule has 140 valence electrons. The van der Waals surface area contributed by atoms with Gasteiger partial charge in [0.05, 0.1) is 11.6 Å². The standard InChI is InChI=1S/C20H14FN3O3S/c1-11-22-23-20(28-11)24-16(12-5-3-2-4-6-12)15(18(26)19(24)27)17(25)13-7-9-14(21)10-8-13/h2-10,16,25H,1H3/t16-/m1/s1. The van der Waals surface area contributed by atoms with Crippen LogP contribution in [0.2, 0.25) is 0 Å². The van der Waals surface area contributed by atoms with Crippen LogP contribution in [0.1, 0.15) is 22.2 Å². The number of aliphatic hydroxyl groups excluding tert-OH is 1. The fourth-order valence-corrected chi connectivity index (χ4v) is 3.84. The summed E-state index contributed by atoms with van der Waals surface area (Å²) in [6.45, 7) is 1.74. The molecule has 1 N–H and O–H groups in total. The van der Waals surface area contributed by atoms with Gasteiger partial charge in [-0.2, -0.15) is 0 Å². The Bertz CT molecular complexity index is 1090. The molecule has 3 aromatic rings. The van der Waals surface area contributed by atoms with E-state index in [1.807, 2.05) is 6.07 Å². The van der Waals surface area contributed by atoms with E-state index in [4.69, 9.17) is 0 Å². The van der Waals surface area contributed by atoms with Crippen molar-refractivity contribution in [3.63, 3.8) is 0 Å². The lowest BCUT2D eigenvalue weighted by atomic mass is 9.95. The van der Waals surface area contributed by atoms with Gasteiger partial charge in [0.25, 0.3) is 5.78 Å². The van der Waals surface area contributed by atoms with E-state index in [0.29, 0.717) is 10.6 Å². The zero-order chi connectivity index (χ0) is 19.8. The van der Waals surface area contributed by atoms with Gasteiger partial charge in [-0.25, -0.2) is 4.39 Å². The number of carbonyl (C=O) groups is 2. The molecule has 6 nitrogen and oxygen atoms in total. The number of benzene rings is 2. The van der Waals surface area contributed by atoms with Gasteiger partial charge in [0.2, 0.25) is 5.13 Å². The van der Waals surface area contributed by atoms with Crippen LogP contribution in [0.5, 0.6) is 0 Å². The second-order valence-electron chi connectivity index (χ2n) is 6.19. The van der Waals surface area contributed by atoms with Crippen molar-refractivity contribution in [3.8, 4) is 0 Å². The first-order valence-electron chi connectivity index (χ1n) is 8.39.